The molecule has 1 aromatic heterocycles. The van der Waals surface area contributed by atoms with Crippen LogP contribution in [-0.4, -0.2) is 28.9 Å². The summed E-state index contributed by atoms with van der Waals surface area (Å²) >= 11 is 0. The fraction of sp³-hybridized carbons (Fsp3) is 0.368. The lowest BCUT2D eigenvalue weighted by Crippen LogP contribution is -2.40. The number of nitrogens with zero attached hydrogens (tertiary/aromatic N) is 2. The Morgan fingerprint density at radius 1 is 1.17 bits per heavy atom. The molecule has 2 heterocycles. The van der Waals surface area contributed by atoms with Gasteiger partial charge in [0.15, 0.2) is 0 Å². The molecule has 3 rings (SSSR count). The third kappa shape index (κ3) is 3.78. The second-order valence-corrected chi connectivity index (χ2v) is 6.21. The first-order valence-electron chi connectivity index (χ1n) is 8.28. The van der Waals surface area contributed by atoms with Gasteiger partial charge in [-0.15, -0.1) is 0 Å². The number of pyridine rings is 1. The second-order valence-electron chi connectivity index (χ2n) is 6.21. The Bertz CT molecular complexity index is 686. The molecule has 5 heteroatoms. The van der Waals surface area contributed by atoms with Crippen molar-refractivity contribution in [2.75, 3.05) is 13.1 Å². The van der Waals surface area contributed by atoms with Crippen LogP contribution in [0.2, 0.25) is 0 Å². The number of carbonyl (C=O) groups is 1. The molecule has 1 atom stereocenters. The van der Waals surface area contributed by atoms with Crippen LogP contribution in [0.15, 0.2) is 42.6 Å². The molecule has 1 fully saturated rings. The van der Waals surface area contributed by atoms with Crippen molar-refractivity contribution in [1.82, 2.24) is 9.88 Å². The predicted octanol–water partition coefficient (Wildman–Crippen LogP) is 3.84. The van der Waals surface area contributed by atoms with E-state index in [9.17, 15) is 13.6 Å². The van der Waals surface area contributed by atoms with Crippen LogP contribution >= 0.6 is 0 Å². The molecule has 0 spiro atoms. The molecule has 24 heavy (non-hydrogen) atoms. The zero-order valence-corrected chi connectivity index (χ0v) is 13.4. The van der Waals surface area contributed by atoms with E-state index in [0.29, 0.717) is 31.6 Å². The molecule has 1 aliphatic heterocycles. The van der Waals surface area contributed by atoms with Gasteiger partial charge < -0.3 is 4.90 Å². The molecular weight excluding hydrogens is 310 g/mol. The molecule has 3 nitrogen and oxygen atoms in total. The van der Waals surface area contributed by atoms with Crippen molar-refractivity contribution in [3.63, 3.8) is 0 Å². The van der Waals surface area contributed by atoms with Crippen LogP contribution in [0.1, 0.15) is 35.3 Å². The molecule has 1 saturated heterocycles. The summed E-state index contributed by atoms with van der Waals surface area (Å²) in [6.07, 6.45) is 4.51. The van der Waals surface area contributed by atoms with E-state index in [0.717, 1.165) is 12.8 Å². The zero-order chi connectivity index (χ0) is 16.9. The topological polar surface area (TPSA) is 33.2 Å². The average Bonchev–Trinajstić information content (AvgIpc) is 2.62. The summed E-state index contributed by atoms with van der Waals surface area (Å²) in [5.74, 6) is -0.803. The van der Waals surface area contributed by atoms with E-state index in [1.165, 1.54) is 18.2 Å². The SMILES string of the molecule is O=C(c1ccccn1)N1CCC[C@@H](CCc2c(F)cccc2F)C1. The summed E-state index contributed by atoms with van der Waals surface area (Å²) < 4.78 is 27.4. The Labute approximate surface area is 140 Å². The predicted molar refractivity (Wildman–Crippen MR) is 87.5 cm³/mol. The van der Waals surface area contributed by atoms with Crippen molar-refractivity contribution in [1.29, 1.82) is 0 Å². The summed E-state index contributed by atoms with van der Waals surface area (Å²) in [7, 11) is 0. The van der Waals surface area contributed by atoms with Crippen molar-refractivity contribution >= 4 is 5.91 Å². The Kier molecular flexibility index (Phi) is 5.18. The Morgan fingerprint density at radius 2 is 1.96 bits per heavy atom. The van der Waals surface area contributed by atoms with Crippen LogP contribution in [0.4, 0.5) is 8.78 Å². The van der Waals surface area contributed by atoms with Gasteiger partial charge in [-0.3, -0.25) is 9.78 Å². The third-order valence-electron chi connectivity index (χ3n) is 4.55. The first kappa shape index (κ1) is 16.6. The van der Waals surface area contributed by atoms with E-state index >= 15 is 0 Å². The van der Waals surface area contributed by atoms with Crippen LogP contribution in [0.25, 0.3) is 0 Å². The maximum atomic E-state index is 13.7. The molecule has 0 N–H and O–H groups in total. The third-order valence-corrected chi connectivity index (χ3v) is 4.55. The fourth-order valence-corrected chi connectivity index (χ4v) is 3.26. The van der Waals surface area contributed by atoms with Crippen LogP contribution in [0.5, 0.6) is 0 Å². The van der Waals surface area contributed by atoms with Gasteiger partial charge >= 0.3 is 0 Å². The maximum absolute atomic E-state index is 13.7. The summed E-state index contributed by atoms with van der Waals surface area (Å²) in [6, 6.07) is 9.23. The number of piperidine rings is 1. The van der Waals surface area contributed by atoms with E-state index in [1.54, 1.807) is 29.3 Å². The van der Waals surface area contributed by atoms with Gasteiger partial charge in [0, 0.05) is 24.8 Å². The van der Waals surface area contributed by atoms with Crippen molar-refractivity contribution in [3.05, 3.63) is 65.5 Å². The highest BCUT2D eigenvalue weighted by Gasteiger charge is 2.25. The smallest absolute Gasteiger partial charge is 0.272 e. The Morgan fingerprint density at radius 3 is 2.67 bits per heavy atom. The lowest BCUT2D eigenvalue weighted by Gasteiger charge is -2.32. The Balaban J connectivity index is 1.61. The van der Waals surface area contributed by atoms with E-state index in [-0.39, 0.29) is 17.4 Å². The number of hydrogen-bond acceptors (Lipinski definition) is 2. The van der Waals surface area contributed by atoms with Gasteiger partial charge in [0.05, 0.1) is 0 Å². The number of carbonyl (C=O) groups excluding carboxylic acids is 1. The normalized spacial score (nSPS) is 17.8. The number of likely N-dealkylation sites (tertiary alicyclic amines) is 1. The molecule has 0 aliphatic carbocycles. The van der Waals surface area contributed by atoms with Gasteiger partial charge in [-0.05, 0) is 55.9 Å². The van der Waals surface area contributed by atoms with Gasteiger partial charge in [0.25, 0.3) is 5.91 Å². The largest absolute Gasteiger partial charge is 0.337 e. The Hall–Kier alpha value is -2.30. The second kappa shape index (κ2) is 7.51. The highest BCUT2D eigenvalue weighted by atomic mass is 19.1. The lowest BCUT2D eigenvalue weighted by atomic mass is 9.91. The summed E-state index contributed by atoms with van der Waals surface area (Å²) in [6.45, 7) is 1.32. The standard InChI is InChI=1S/C19H20F2N2O/c20-16-6-3-7-17(21)15(16)10-9-14-5-4-12-23(13-14)19(24)18-8-1-2-11-22-18/h1-3,6-8,11,14H,4-5,9-10,12-13H2/t14-/m0/s1. The first-order chi connectivity index (χ1) is 11.6. The van der Waals surface area contributed by atoms with Crippen molar-refractivity contribution in [3.8, 4) is 0 Å². The average molecular weight is 330 g/mol. The molecule has 0 unspecified atom stereocenters. The van der Waals surface area contributed by atoms with Crippen molar-refractivity contribution in [2.45, 2.75) is 25.7 Å². The number of halogens is 2. The van der Waals surface area contributed by atoms with Gasteiger partial charge in [-0.25, -0.2) is 8.78 Å². The highest BCUT2D eigenvalue weighted by molar-refractivity contribution is 5.92. The van der Waals surface area contributed by atoms with Crippen molar-refractivity contribution < 1.29 is 13.6 Å². The number of benzene rings is 1. The number of hydrogen-bond donors (Lipinski definition) is 0. The molecule has 0 radical (unpaired) electrons. The van der Waals surface area contributed by atoms with E-state index in [4.69, 9.17) is 0 Å². The van der Waals surface area contributed by atoms with Gasteiger partial charge in [0.2, 0.25) is 0 Å². The molecular formula is C19H20F2N2O. The monoisotopic (exact) mass is 330 g/mol. The number of amides is 1. The summed E-state index contributed by atoms with van der Waals surface area (Å²) in [4.78, 5) is 18.4. The summed E-state index contributed by atoms with van der Waals surface area (Å²) in [5.41, 5.74) is 0.587. The molecule has 0 saturated carbocycles. The number of rotatable bonds is 4. The van der Waals surface area contributed by atoms with Crippen LogP contribution in [0.3, 0.4) is 0 Å². The molecule has 1 amide bonds. The molecule has 1 aromatic carbocycles. The van der Waals surface area contributed by atoms with Crippen LogP contribution < -0.4 is 0 Å². The lowest BCUT2D eigenvalue weighted by molar-refractivity contribution is 0.0662. The van der Waals surface area contributed by atoms with E-state index in [1.807, 2.05) is 0 Å². The minimum Gasteiger partial charge on any atom is -0.337 e. The van der Waals surface area contributed by atoms with Gasteiger partial charge in [-0.1, -0.05) is 12.1 Å². The minimum absolute atomic E-state index is 0.0719. The van der Waals surface area contributed by atoms with E-state index in [2.05, 4.69) is 4.98 Å². The van der Waals surface area contributed by atoms with Gasteiger partial charge in [0.1, 0.15) is 17.3 Å². The quantitative estimate of drug-likeness (QED) is 0.853. The van der Waals surface area contributed by atoms with Gasteiger partial charge in [-0.2, -0.15) is 0 Å². The molecule has 2 aromatic rings. The maximum Gasteiger partial charge on any atom is 0.272 e. The molecule has 1 aliphatic rings. The summed E-state index contributed by atoms with van der Waals surface area (Å²) in [5, 5.41) is 0. The first-order valence-corrected chi connectivity index (χ1v) is 8.28. The van der Waals surface area contributed by atoms with Crippen molar-refractivity contribution in [2.24, 2.45) is 5.92 Å². The highest BCUT2D eigenvalue weighted by Crippen LogP contribution is 2.24. The number of aromatic nitrogens is 1. The molecule has 126 valence electrons. The zero-order valence-electron chi connectivity index (χ0n) is 13.4. The van der Waals surface area contributed by atoms with Crippen LogP contribution in [0, 0.1) is 17.6 Å². The molecule has 0 bridgehead atoms. The fourth-order valence-electron chi connectivity index (χ4n) is 3.26. The van der Waals surface area contributed by atoms with Crippen LogP contribution in [-0.2, 0) is 6.42 Å². The minimum atomic E-state index is -0.493. The van der Waals surface area contributed by atoms with E-state index < -0.39 is 11.6 Å².